The van der Waals surface area contributed by atoms with Crippen molar-refractivity contribution in [2.45, 2.75) is 32.0 Å². The van der Waals surface area contributed by atoms with E-state index in [9.17, 15) is 27.6 Å². The molecule has 0 aliphatic carbocycles. The maximum Gasteiger partial charge on any atom is 0.416 e. The molecule has 0 spiro atoms. The lowest BCUT2D eigenvalue weighted by Crippen LogP contribution is -2.29. The van der Waals surface area contributed by atoms with Crippen LogP contribution in [0.25, 0.3) is 11.3 Å². The maximum absolute atomic E-state index is 13.3. The van der Waals surface area contributed by atoms with Gasteiger partial charge in [-0.1, -0.05) is 18.2 Å². The predicted molar refractivity (Wildman–Crippen MR) is 164 cm³/mol. The van der Waals surface area contributed by atoms with Crippen LogP contribution in [-0.2, 0) is 17.5 Å². The summed E-state index contributed by atoms with van der Waals surface area (Å²) in [4.78, 5) is 45.1. The number of hydrogen-bond donors (Lipinski definition) is 2. The molecule has 3 aromatic carbocycles. The first-order chi connectivity index (χ1) is 21.6. The second kappa shape index (κ2) is 13.6. The van der Waals surface area contributed by atoms with Gasteiger partial charge in [-0.05, 0) is 85.5 Å². The molecule has 4 aromatic rings. The zero-order valence-electron chi connectivity index (χ0n) is 24.5. The van der Waals surface area contributed by atoms with Crippen LogP contribution in [0.5, 0.6) is 0 Å². The van der Waals surface area contributed by atoms with Crippen molar-refractivity contribution in [1.29, 1.82) is 0 Å². The summed E-state index contributed by atoms with van der Waals surface area (Å²) in [5.74, 6) is -1.51. The van der Waals surface area contributed by atoms with E-state index in [0.29, 0.717) is 22.5 Å². The van der Waals surface area contributed by atoms with Gasteiger partial charge in [0.25, 0.3) is 11.8 Å². The van der Waals surface area contributed by atoms with E-state index in [2.05, 4.69) is 20.5 Å². The third-order valence-electron chi connectivity index (χ3n) is 7.52. The number of alkyl halides is 3. The van der Waals surface area contributed by atoms with Crippen LogP contribution in [0, 0.1) is 0 Å². The van der Waals surface area contributed by atoms with Gasteiger partial charge in [0.15, 0.2) is 0 Å². The molecule has 8 nitrogen and oxygen atoms in total. The molecule has 45 heavy (non-hydrogen) atoms. The Morgan fingerprint density at radius 3 is 2.33 bits per heavy atom. The summed E-state index contributed by atoms with van der Waals surface area (Å²) in [6, 6.07) is 19.6. The molecule has 5 rings (SSSR count). The number of amides is 2. The third kappa shape index (κ3) is 7.67. The molecule has 0 bridgehead atoms. The van der Waals surface area contributed by atoms with Gasteiger partial charge in [0.05, 0.1) is 29.6 Å². The number of piperidine rings is 1. The van der Waals surface area contributed by atoms with E-state index in [0.717, 1.165) is 50.2 Å². The number of pyridine rings is 1. The topological polar surface area (TPSA) is 101 Å². The number of esters is 1. The minimum Gasteiger partial charge on any atom is -0.465 e. The molecule has 1 aliphatic rings. The molecule has 1 aromatic heterocycles. The van der Waals surface area contributed by atoms with Crippen molar-refractivity contribution < 1.29 is 32.3 Å². The first-order valence-electron chi connectivity index (χ1n) is 14.4. The lowest BCUT2D eigenvalue weighted by molar-refractivity contribution is -0.137. The minimum atomic E-state index is -4.49. The number of methoxy groups -OCH3 is 1. The predicted octanol–water partition coefficient (Wildman–Crippen LogP) is 6.73. The SMILES string of the molecule is COC(=O)c1cccc(C(=O)Nc2ccc(N3CCCCC3)cc2-c2cc(C(=O)NCc3cccc(C(F)(F)F)c3)ccn2)c1. The Balaban J connectivity index is 1.42. The highest BCUT2D eigenvalue weighted by molar-refractivity contribution is 6.07. The Bertz CT molecular complexity index is 1720. The van der Waals surface area contributed by atoms with Crippen LogP contribution in [0.1, 0.15) is 61.5 Å². The number of anilines is 2. The Morgan fingerprint density at radius 1 is 0.844 bits per heavy atom. The monoisotopic (exact) mass is 616 g/mol. The standard InChI is InChI=1S/C34H31F3N4O4/c1-45-33(44)25-9-6-8-23(18-25)32(43)40-29-12-11-27(41-15-3-2-4-16-41)20-28(29)30-19-24(13-14-38-30)31(42)39-21-22-7-5-10-26(17-22)34(35,36)37/h5-14,17-20H,2-4,15-16,21H2,1H3,(H,39,42)(H,40,43). The zero-order chi connectivity index (χ0) is 32.0. The summed E-state index contributed by atoms with van der Waals surface area (Å²) in [7, 11) is 1.26. The molecule has 0 radical (unpaired) electrons. The minimum absolute atomic E-state index is 0.100. The lowest BCUT2D eigenvalue weighted by Gasteiger charge is -2.29. The quantitative estimate of drug-likeness (QED) is 0.213. The number of halogens is 3. The molecule has 1 saturated heterocycles. The fourth-order valence-electron chi connectivity index (χ4n) is 5.16. The average molecular weight is 617 g/mol. The molecular formula is C34H31F3N4O4. The molecular weight excluding hydrogens is 585 g/mol. The summed E-state index contributed by atoms with van der Waals surface area (Å²) in [6.45, 7) is 1.67. The number of benzene rings is 3. The summed E-state index contributed by atoms with van der Waals surface area (Å²) in [5.41, 5.74) is 2.62. The van der Waals surface area contributed by atoms with Crippen LogP contribution in [0.3, 0.4) is 0 Å². The highest BCUT2D eigenvalue weighted by atomic mass is 19.4. The Kier molecular flexibility index (Phi) is 9.46. The number of ether oxygens (including phenoxy) is 1. The summed E-state index contributed by atoms with van der Waals surface area (Å²) in [6.07, 6.45) is 0.253. The van der Waals surface area contributed by atoms with E-state index in [1.807, 2.05) is 12.1 Å². The van der Waals surface area contributed by atoms with E-state index in [-0.39, 0.29) is 23.2 Å². The van der Waals surface area contributed by atoms with Crippen LogP contribution >= 0.6 is 0 Å². The molecule has 2 N–H and O–H groups in total. The number of nitrogens with one attached hydrogen (secondary N) is 2. The van der Waals surface area contributed by atoms with Gasteiger partial charge in [-0.25, -0.2) is 4.79 Å². The molecule has 0 saturated carbocycles. The second-order valence-electron chi connectivity index (χ2n) is 10.6. The highest BCUT2D eigenvalue weighted by Crippen LogP contribution is 2.33. The third-order valence-corrected chi connectivity index (χ3v) is 7.52. The molecule has 2 heterocycles. The van der Waals surface area contributed by atoms with E-state index in [4.69, 9.17) is 4.74 Å². The van der Waals surface area contributed by atoms with Gasteiger partial charge in [-0.2, -0.15) is 13.2 Å². The van der Waals surface area contributed by atoms with Crippen molar-refractivity contribution >= 4 is 29.2 Å². The van der Waals surface area contributed by atoms with Crippen molar-refractivity contribution in [2.75, 3.05) is 30.4 Å². The molecule has 1 aliphatic heterocycles. The normalized spacial score (nSPS) is 13.2. The largest absolute Gasteiger partial charge is 0.465 e. The average Bonchev–Trinajstić information content (AvgIpc) is 3.07. The van der Waals surface area contributed by atoms with Gasteiger partial charge >= 0.3 is 12.1 Å². The Labute approximate surface area is 258 Å². The summed E-state index contributed by atoms with van der Waals surface area (Å²) in [5, 5.41) is 5.58. The fraction of sp³-hybridized carbons (Fsp3) is 0.235. The van der Waals surface area contributed by atoms with Gasteiger partial charge in [0.2, 0.25) is 0 Å². The number of nitrogens with zero attached hydrogens (tertiary/aromatic N) is 2. The maximum atomic E-state index is 13.3. The van der Waals surface area contributed by atoms with Gasteiger partial charge in [-0.15, -0.1) is 0 Å². The molecule has 232 valence electrons. The highest BCUT2D eigenvalue weighted by Gasteiger charge is 2.30. The zero-order valence-corrected chi connectivity index (χ0v) is 24.5. The van der Waals surface area contributed by atoms with Crippen molar-refractivity contribution in [1.82, 2.24) is 10.3 Å². The van der Waals surface area contributed by atoms with Gasteiger partial charge in [-0.3, -0.25) is 14.6 Å². The van der Waals surface area contributed by atoms with E-state index in [1.165, 1.54) is 37.6 Å². The van der Waals surface area contributed by atoms with Crippen molar-refractivity contribution in [3.05, 3.63) is 113 Å². The number of carbonyl (C=O) groups excluding carboxylic acids is 3. The van der Waals surface area contributed by atoms with E-state index < -0.39 is 29.5 Å². The fourth-order valence-corrected chi connectivity index (χ4v) is 5.16. The smallest absolute Gasteiger partial charge is 0.416 e. The van der Waals surface area contributed by atoms with Crippen LogP contribution < -0.4 is 15.5 Å². The summed E-state index contributed by atoms with van der Waals surface area (Å²) < 4.78 is 44.1. The van der Waals surface area contributed by atoms with Crippen molar-refractivity contribution in [3.63, 3.8) is 0 Å². The van der Waals surface area contributed by atoms with Crippen LogP contribution in [-0.4, -0.2) is 43.0 Å². The van der Waals surface area contributed by atoms with Crippen LogP contribution in [0.2, 0.25) is 0 Å². The number of carbonyl (C=O) groups is 3. The molecule has 1 fully saturated rings. The van der Waals surface area contributed by atoms with Crippen LogP contribution in [0.4, 0.5) is 24.5 Å². The first-order valence-corrected chi connectivity index (χ1v) is 14.4. The van der Waals surface area contributed by atoms with E-state index in [1.54, 1.807) is 30.3 Å². The number of aromatic nitrogens is 1. The first kappa shape index (κ1) is 31.2. The molecule has 0 atom stereocenters. The number of hydrogen-bond acceptors (Lipinski definition) is 6. The summed E-state index contributed by atoms with van der Waals surface area (Å²) >= 11 is 0. The van der Waals surface area contributed by atoms with Crippen LogP contribution in [0.15, 0.2) is 85.1 Å². The lowest BCUT2D eigenvalue weighted by atomic mass is 10.0. The molecule has 11 heteroatoms. The van der Waals surface area contributed by atoms with Crippen molar-refractivity contribution in [2.24, 2.45) is 0 Å². The van der Waals surface area contributed by atoms with Crippen molar-refractivity contribution in [3.8, 4) is 11.3 Å². The van der Waals surface area contributed by atoms with Gasteiger partial charge < -0.3 is 20.3 Å². The number of rotatable bonds is 8. The second-order valence-corrected chi connectivity index (χ2v) is 10.6. The Hall–Kier alpha value is -5.19. The van der Waals surface area contributed by atoms with Gasteiger partial charge in [0, 0.05) is 48.2 Å². The van der Waals surface area contributed by atoms with E-state index >= 15 is 0 Å². The van der Waals surface area contributed by atoms with Gasteiger partial charge in [0.1, 0.15) is 0 Å². The Morgan fingerprint density at radius 2 is 1.58 bits per heavy atom. The molecule has 2 amide bonds. The molecule has 0 unspecified atom stereocenters.